The summed E-state index contributed by atoms with van der Waals surface area (Å²) in [6.45, 7) is 3.85. The highest BCUT2D eigenvalue weighted by Crippen LogP contribution is 2.35. The zero-order valence-electron chi connectivity index (χ0n) is 17.2. The van der Waals surface area contributed by atoms with Gasteiger partial charge in [0.25, 0.3) is 0 Å². The Kier molecular flexibility index (Phi) is 4.12. The van der Waals surface area contributed by atoms with Gasteiger partial charge in [-0.1, -0.05) is 6.07 Å². The Balaban J connectivity index is 2.74. The van der Waals surface area contributed by atoms with Crippen molar-refractivity contribution in [3.8, 4) is 5.88 Å². The van der Waals surface area contributed by atoms with Gasteiger partial charge in [-0.3, -0.25) is 0 Å². The Labute approximate surface area is 147 Å². The summed E-state index contributed by atoms with van der Waals surface area (Å²) >= 11 is 0. The number of benzene rings is 1. The number of halogens is 2. The highest BCUT2D eigenvalue weighted by molar-refractivity contribution is 7.84. The molecule has 2 atom stereocenters. The number of aromatic nitrogens is 1. The van der Waals surface area contributed by atoms with Crippen LogP contribution in [0.2, 0.25) is 0 Å². The van der Waals surface area contributed by atoms with Crippen LogP contribution in [0, 0.1) is 11.6 Å². The first-order valence-electron chi connectivity index (χ1n) is 8.82. The molecule has 24 heavy (non-hydrogen) atoms. The molecule has 0 aliphatic rings. The number of ether oxygens (including phenoxy) is 1. The monoisotopic (exact) mass is 359 g/mol. The lowest BCUT2D eigenvalue weighted by Crippen LogP contribution is -2.36. The van der Waals surface area contributed by atoms with Crippen molar-refractivity contribution >= 4 is 21.8 Å². The second kappa shape index (κ2) is 6.72. The molecule has 2 unspecified atom stereocenters. The van der Waals surface area contributed by atoms with E-state index in [0.29, 0.717) is 5.56 Å². The van der Waals surface area contributed by atoms with E-state index >= 15 is 0 Å². The molecule has 2 rings (SSSR count). The number of methoxy groups -OCH3 is 1. The Morgan fingerprint density at radius 3 is 2.58 bits per heavy atom. The number of hydrogen-bond acceptors (Lipinski definition) is 3. The molecule has 0 saturated heterocycles. The fraction of sp³-hybridized carbons (Fsp3) is 0.471. The van der Waals surface area contributed by atoms with E-state index < -0.39 is 40.4 Å². The third kappa shape index (κ3) is 3.28. The standard InChI is InChI=1S/C17H22F2N2O2S/c1-10(21(5)24(22)17(2,3)4)12-9-20-16(23-6)14-11(12)7-8-13(18)15(14)19/h7-10H,1-6H3/i5D3. The minimum absolute atomic E-state index is 0.115. The Bertz CT molecular complexity index is 885. The van der Waals surface area contributed by atoms with Gasteiger partial charge in [-0.05, 0) is 44.7 Å². The second-order valence-corrected chi connectivity index (χ2v) is 8.49. The number of fused-ring (bicyclic) bond motifs is 1. The summed E-state index contributed by atoms with van der Waals surface area (Å²) in [4.78, 5) is 4.00. The fourth-order valence-corrected chi connectivity index (χ4v) is 3.31. The van der Waals surface area contributed by atoms with Crippen LogP contribution >= 0.6 is 0 Å². The van der Waals surface area contributed by atoms with Gasteiger partial charge in [0, 0.05) is 23.3 Å². The first-order chi connectivity index (χ1) is 12.3. The summed E-state index contributed by atoms with van der Waals surface area (Å²) in [6, 6.07) is 1.37. The Morgan fingerprint density at radius 2 is 2.04 bits per heavy atom. The van der Waals surface area contributed by atoms with E-state index in [4.69, 9.17) is 8.85 Å². The van der Waals surface area contributed by atoms with Crippen LogP contribution in [0.25, 0.3) is 10.8 Å². The molecule has 0 saturated carbocycles. The third-order valence-electron chi connectivity index (χ3n) is 3.64. The van der Waals surface area contributed by atoms with Crippen molar-refractivity contribution in [2.75, 3.05) is 14.1 Å². The smallest absolute Gasteiger partial charge is 0.224 e. The van der Waals surface area contributed by atoms with E-state index in [0.717, 1.165) is 10.4 Å². The average Bonchev–Trinajstić information content (AvgIpc) is 2.55. The molecular formula is C17H22F2N2O2S. The summed E-state index contributed by atoms with van der Waals surface area (Å²) in [5.74, 6) is -2.32. The van der Waals surface area contributed by atoms with Gasteiger partial charge < -0.3 is 4.74 Å². The zero-order chi connectivity index (χ0) is 20.7. The molecule has 2 aromatic rings. The third-order valence-corrected chi connectivity index (χ3v) is 5.36. The topological polar surface area (TPSA) is 42.4 Å². The van der Waals surface area contributed by atoms with E-state index in [2.05, 4.69) is 4.98 Å². The molecule has 4 nitrogen and oxygen atoms in total. The van der Waals surface area contributed by atoms with Crippen molar-refractivity contribution in [3.05, 3.63) is 35.5 Å². The maximum Gasteiger partial charge on any atom is 0.224 e. The lowest BCUT2D eigenvalue weighted by atomic mass is 10.0. The summed E-state index contributed by atoms with van der Waals surface area (Å²) in [7, 11) is -0.615. The number of pyridine rings is 1. The van der Waals surface area contributed by atoms with Crippen molar-refractivity contribution in [3.63, 3.8) is 0 Å². The van der Waals surface area contributed by atoms with Gasteiger partial charge in [-0.15, -0.1) is 0 Å². The highest BCUT2D eigenvalue weighted by Gasteiger charge is 2.29. The molecule has 0 spiro atoms. The maximum atomic E-state index is 14.4. The first-order valence-corrected chi connectivity index (χ1v) is 8.43. The Morgan fingerprint density at radius 1 is 1.38 bits per heavy atom. The lowest BCUT2D eigenvalue weighted by molar-refractivity contribution is 0.396. The molecule has 1 aromatic heterocycles. The van der Waals surface area contributed by atoms with Gasteiger partial charge in [0.2, 0.25) is 5.88 Å². The van der Waals surface area contributed by atoms with Crippen LogP contribution in [-0.2, 0) is 11.0 Å². The number of hydrogen-bond donors (Lipinski definition) is 0. The highest BCUT2D eigenvalue weighted by atomic mass is 32.2. The molecule has 0 aliphatic carbocycles. The summed E-state index contributed by atoms with van der Waals surface area (Å²) < 4.78 is 69.6. The van der Waals surface area contributed by atoms with Crippen molar-refractivity contribution in [1.82, 2.24) is 9.29 Å². The van der Waals surface area contributed by atoms with Crippen LogP contribution in [0.3, 0.4) is 0 Å². The van der Waals surface area contributed by atoms with E-state index in [-0.39, 0.29) is 16.7 Å². The van der Waals surface area contributed by atoms with Gasteiger partial charge >= 0.3 is 0 Å². The fourth-order valence-electron chi connectivity index (χ4n) is 2.32. The van der Waals surface area contributed by atoms with E-state index in [1.807, 2.05) is 0 Å². The Hall–Kier alpha value is -1.60. The predicted molar refractivity (Wildman–Crippen MR) is 92.3 cm³/mol. The van der Waals surface area contributed by atoms with Crippen LogP contribution < -0.4 is 4.74 Å². The minimum atomic E-state index is -2.68. The van der Waals surface area contributed by atoms with Crippen molar-refractivity contribution in [1.29, 1.82) is 0 Å². The summed E-state index contributed by atoms with van der Waals surface area (Å²) in [6.07, 6.45) is 1.34. The maximum absolute atomic E-state index is 14.4. The molecular weight excluding hydrogens is 334 g/mol. The van der Waals surface area contributed by atoms with Crippen LogP contribution in [-0.4, -0.2) is 32.3 Å². The lowest BCUT2D eigenvalue weighted by Gasteiger charge is -2.31. The molecule has 1 heterocycles. The number of nitrogens with zero attached hydrogens (tertiary/aromatic N) is 2. The van der Waals surface area contributed by atoms with Crippen LogP contribution in [0.4, 0.5) is 8.78 Å². The minimum Gasteiger partial charge on any atom is -0.480 e. The van der Waals surface area contributed by atoms with Gasteiger partial charge in [0.05, 0.1) is 28.2 Å². The van der Waals surface area contributed by atoms with Gasteiger partial charge in [-0.2, -0.15) is 0 Å². The molecule has 0 N–H and O–H groups in total. The zero-order valence-corrected chi connectivity index (χ0v) is 15.0. The average molecular weight is 359 g/mol. The molecule has 1 aromatic carbocycles. The van der Waals surface area contributed by atoms with Crippen molar-refractivity contribution in [2.45, 2.75) is 38.5 Å². The van der Waals surface area contributed by atoms with Gasteiger partial charge in [0.1, 0.15) is 0 Å². The van der Waals surface area contributed by atoms with Crippen molar-refractivity contribution < 1.29 is 21.8 Å². The molecule has 0 bridgehead atoms. The predicted octanol–water partition coefficient (Wildman–Crippen LogP) is 3.98. The van der Waals surface area contributed by atoms with E-state index in [1.54, 1.807) is 27.7 Å². The van der Waals surface area contributed by atoms with E-state index in [1.165, 1.54) is 19.4 Å². The van der Waals surface area contributed by atoms with Gasteiger partial charge in [0.15, 0.2) is 11.6 Å². The first kappa shape index (κ1) is 14.7. The molecule has 0 aliphatic heterocycles. The van der Waals surface area contributed by atoms with Crippen LogP contribution in [0.5, 0.6) is 5.88 Å². The normalized spacial score (nSPS) is 17.2. The number of rotatable bonds is 4. The van der Waals surface area contributed by atoms with Crippen LogP contribution in [0.1, 0.15) is 43.4 Å². The second-order valence-electron chi connectivity index (χ2n) is 6.37. The molecule has 7 heteroatoms. The quantitative estimate of drug-likeness (QED) is 0.829. The summed E-state index contributed by atoms with van der Waals surface area (Å²) in [5, 5.41) is 0.0577. The summed E-state index contributed by atoms with van der Waals surface area (Å²) in [5.41, 5.74) is 0.304. The molecule has 0 fully saturated rings. The van der Waals surface area contributed by atoms with E-state index in [9.17, 15) is 13.0 Å². The largest absolute Gasteiger partial charge is 0.480 e. The molecule has 132 valence electrons. The molecule has 0 amide bonds. The SMILES string of the molecule is [2H]C([2H])([2H])N(C(C)c1cnc(OC)c2c(F)c(F)ccc12)S(=O)C(C)(C)C. The molecule has 0 radical (unpaired) electrons. The van der Waals surface area contributed by atoms with Gasteiger partial charge in [-0.25, -0.2) is 22.3 Å². The van der Waals surface area contributed by atoms with Crippen molar-refractivity contribution in [2.24, 2.45) is 0 Å². The van der Waals surface area contributed by atoms with Crippen LogP contribution in [0.15, 0.2) is 18.3 Å².